The zero-order chi connectivity index (χ0) is 13.3. The number of hydrogen-bond donors (Lipinski definition) is 2. The van der Waals surface area contributed by atoms with E-state index in [1.54, 1.807) is 0 Å². The third kappa shape index (κ3) is 2.91. The van der Waals surface area contributed by atoms with Crippen molar-refractivity contribution in [2.24, 2.45) is 0 Å². The normalized spacial score (nSPS) is 28.2. The average Bonchev–Trinajstić information content (AvgIpc) is 2.52. The minimum absolute atomic E-state index is 0.0182. The van der Waals surface area contributed by atoms with Crippen molar-refractivity contribution >= 4 is 9.84 Å². The van der Waals surface area contributed by atoms with Crippen LogP contribution in [0.1, 0.15) is 24.1 Å². The zero-order valence-electron chi connectivity index (χ0n) is 10.6. The molecule has 0 saturated carbocycles. The molecule has 1 heterocycles. The smallest absolute Gasteiger partial charge is 0.154 e. The second-order valence-corrected chi connectivity index (χ2v) is 7.15. The lowest BCUT2D eigenvalue weighted by molar-refractivity contribution is 0.160. The molecule has 0 bridgehead atoms. The van der Waals surface area contributed by atoms with Gasteiger partial charge in [0.2, 0.25) is 0 Å². The molecule has 18 heavy (non-hydrogen) atoms. The number of hydrogen-bond acceptors (Lipinski definition) is 4. The zero-order valence-corrected chi connectivity index (χ0v) is 11.4. The Kier molecular flexibility index (Phi) is 3.75. The van der Waals surface area contributed by atoms with E-state index in [-0.39, 0.29) is 23.6 Å². The SMILES string of the molecule is Cc1ccccc1C(C)NC1CS(=O)(=O)CC1O. The first kappa shape index (κ1) is 13.5. The third-order valence-electron chi connectivity index (χ3n) is 3.44. The second kappa shape index (κ2) is 4.99. The fourth-order valence-electron chi connectivity index (χ4n) is 2.47. The molecule has 1 fully saturated rings. The molecule has 3 unspecified atom stereocenters. The van der Waals surface area contributed by atoms with Crippen LogP contribution in [0.2, 0.25) is 0 Å². The molecule has 0 aliphatic carbocycles. The number of sulfone groups is 1. The predicted octanol–water partition coefficient (Wildman–Crippen LogP) is 0.804. The number of benzene rings is 1. The van der Waals surface area contributed by atoms with Crippen molar-refractivity contribution < 1.29 is 13.5 Å². The Labute approximate surface area is 108 Å². The van der Waals surface area contributed by atoms with Crippen LogP contribution in [0.5, 0.6) is 0 Å². The van der Waals surface area contributed by atoms with Crippen molar-refractivity contribution in [2.45, 2.75) is 32.0 Å². The second-order valence-electron chi connectivity index (χ2n) is 5.00. The number of aliphatic hydroxyl groups is 1. The van der Waals surface area contributed by atoms with E-state index in [2.05, 4.69) is 5.32 Å². The lowest BCUT2D eigenvalue weighted by Crippen LogP contribution is -2.40. The molecular weight excluding hydrogens is 250 g/mol. The summed E-state index contributed by atoms with van der Waals surface area (Å²) in [4.78, 5) is 0. The Morgan fingerprint density at radius 3 is 2.56 bits per heavy atom. The molecule has 2 N–H and O–H groups in total. The molecule has 1 aromatic rings. The Balaban J connectivity index is 2.09. The molecule has 0 radical (unpaired) electrons. The van der Waals surface area contributed by atoms with Gasteiger partial charge in [-0.2, -0.15) is 0 Å². The van der Waals surface area contributed by atoms with Gasteiger partial charge in [-0.1, -0.05) is 24.3 Å². The standard InChI is InChI=1S/C13H19NO3S/c1-9-5-3-4-6-11(9)10(2)14-12-7-18(16,17)8-13(12)15/h3-6,10,12-15H,7-8H2,1-2H3. The van der Waals surface area contributed by atoms with Crippen molar-refractivity contribution in [3.05, 3.63) is 35.4 Å². The fraction of sp³-hybridized carbons (Fsp3) is 0.538. The van der Waals surface area contributed by atoms with Gasteiger partial charge in [-0.25, -0.2) is 8.42 Å². The maximum absolute atomic E-state index is 11.4. The molecule has 1 aliphatic rings. The molecule has 0 spiro atoms. The number of aryl methyl sites for hydroxylation is 1. The van der Waals surface area contributed by atoms with Gasteiger partial charge in [0.25, 0.3) is 0 Å². The van der Waals surface area contributed by atoms with Crippen LogP contribution in [0.25, 0.3) is 0 Å². The first-order valence-corrected chi connectivity index (χ1v) is 7.91. The van der Waals surface area contributed by atoms with E-state index in [1.807, 2.05) is 38.1 Å². The Hall–Kier alpha value is -0.910. The van der Waals surface area contributed by atoms with Crippen molar-refractivity contribution in [3.8, 4) is 0 Å². The van der Waals surface area contributed by atoms with Gasteiger partial charge in [-0.3, -0.25) is 0 Å². The van der Waals surface area contributed by atoms with Crippen LogP contribution in [0, 0.1) is 6.92 Å². The molecule has 3 atom stereocenters. The van der Waals surface area contributed by atoms with E-state index in [0.29, 0.717) is 0 Å². The lowest BCUT2D eigenvalue weighted by atomic mass is 10.0. The summed E-state index contributed by atoms with van der Waals surface area (Å²) in [6.45, 7) is 4.01. The molecule has 0 amide bonds. The van der Waals surface area contributed by atoms with Crippen LogP contribution in [0.15, 0.2) is 24.3 Å². The van der Waals surface area contributed by atoms with Crippen LogP contribution in [-0.4, -0.2) is 37.2 Å². The van der Waals surface area contributed by atoms with Crippen LogP contribution >= 0.6 is 0 Å². The number of aliphatic hydroxyl groups excluding tert-OH is 1. The monoisotopic (exact) mass is 269 g/mol. The van der Waals surface area contributed by atoms with Crippen molar-refractivity contribution in [1.82, 2.24) is 5.32 Å². The lowest BCUT2D eigenvalue weighted by Gasteiger charge is -2.22. The molecule has 4 nitrogen and oxygen atoms in total. The highest BCUT2D eigenvalue weighted by molar-refractivity contribution is 7.91. The summed E-state index contributed by atoms with van der Waals surface area (Å²) in [6.07, 6.45) is -0.804. The minimum Gasteiger partial charge on any atom is -0.390 e. The molecule has 1 saturated heterocycles. The highest BCUT2D eigenvalue weighted by atomic mass is 32.2. The summed E-state index contributed by atoms with van der Waals surface area (Å²) in [5.74, 6) is -0.116. The van der Waals surface area contributed by atoms with E-state index < -0.39 is 15.9 Å². The summed E-state index contributed by atoms with van der Waals surface area (Å²) >= 11 is 0. The summed E-state index contributed by atoms with van der Waals surface area (Å²) in [6, 6.07) is 7.63. The van der Waals surface area contributed by atoms with Crippen LogP contribution in [0.3, 0.4) is 0 Å². The van der Waals surface area contributed by atoms with Gasteiger partial charge in [0.05, 0.1) is 17.6 Å². The van der Waals surface area contributed by atoms with Gasteiger partial charge in [-0.15, -0.1) is 0 Å². The first-order chi connectivity index (χ1) is 8.39. The number of rotatable bonds is 3. The Bertz CT molecular complexity index is 527. The molecule has 1 aromatic carbocycles. The maximum Gasteiger partial charge on any atom is 0.154 e. The van der Waals surface area contributed by atoms with Crippen molar-refractivity contribution in [3.63, 3.8) is 0 Å². The Morgan fingerprint density at radius 2 is 2.00 bits per heavy atom. The quantitative estimate of drug-likeness (QED) is 0.852. The minimum atomic E-state index is -3.10. The van der Waals surface area contributed by atoms with Crippen LogP contribution in [-0.2, 0) is 9.84 Å². The topological polar surface area (TPSA) is 66.4 Å². The third-order valence-corrected chi connectivity index (χ3v) is 5.16. The van der Waals surface area contributed by atoms with Gasteiger partial charge in [0, 0.05) is 12.1 Å². The van der Waals surface area contributed by atoms with Gasteiger partial charge < -0.3 is 10.4 Å². The van der Waals surface area contributed by atoms with Gasteiger partial charge >= 0.3 is 0 Å². The van der Waals surface area contributed by atoms with Gasteiger partial charge in [0.1, 0.15) is 0 Å². The highest BCUT2D eigenvalue weighted by Crippen LogP contribution is 2.20. The van der Waals surface area contributed by atoms with Gasteiger partial charge in [-0.05, 0) is 25.0 Å². The summed E-state index contributed by atoms with van der Waals surface area (Å²) in [5.41, 5.74) is 2.29. The van der Waals surface area contributed by atoms with Crippen LogP contribution in [0.4, 0.5) is 0 Å². The Morgan fingerprint density at radius 1 is 1.33 bits per heavy atom. The largest absolute Gasteiger partial charge is 0.390 e. The molecule has 2 rings (SSSR count). The molecule has 0 aromatic heterocycles. The van der Waals surface area contributed by atoms with Gasteiger partial charge in [0.15, 0.2) is 9.84 Å². The molecular formula is C13H19NO3S. The first-order valence-electron chi connectivity index (χ1n) is 6.09. The maximum atomic E-state index is 11.4. The fourth-order valence-corrected chi connectivity index (χ4v) is 4.23. The number of nitrogens with one attached hydrogen (secondary N) is 1. The van der Waals surface area contributed by atoms with E-state index in [4.69, 9.17) is 0 Å². The summed E-state index contributed by atoms with van der Waals surface area (Å²) in [7, 11) is -3.10. The summed E-state index contributed by atoms with van der Waals surface area (Å²) < 4.78 is 22.9. The van der Waals surface area contributed by atoms with Crippen molar-refractivity contribution in [1.29, 1.82) is 0 Å². The van der Waals surface area contributed by atoms with E-state index in [9.17, 15) is 13.5 Å². The molecule has 1 aliphatic heterocycles. The van der Waals surface area contributed by atoms with E-state index >= 15 is 0 Å². The predicted molar refractivity (Wildman–Crippen MR) is 71.2 cm³/mol. The van der Waals surface area contributed by atoms with E-state index in [0.717, 1.165) is 11.1 Å². The average molecular weight is 269 g/mol. The molecule has 100 valence electrons. The van der Waals surface area contributed by atoms with E-state index in [1.165, 1.54) is 0 Å². The van der Waals surface area contributed by atoms with Crippen molar-refractivity contribution in [2.75, 3.05) is 11.5 Å². The summed E-state index contributed by atoms with van der Waals surface area (Å²) in [5, 5.41) is 13.0. The molecule has 5 heteroatoms. The highest BCUT2D eigenvalue weighted by Gasteiger charge is 2.36. The van der Waals surface area contributed by atoms with Crippen LogP contribution < -0.4 is 5.32 Å².